The molecule has 0 radical (unpaired) electrons. The maximum absolute atomic E-state index is 13.1. The molecule has 2 aliphatic rings. The van der Waals surface area contributed by atoms with E-state index in [0.717, 1.165) is 24.0 Å². The Balaban J connectivity index is 1.41. The lowest BCUT2D eigenvalue weighted by Crippen LogP contribution is -2.48. The molecule has 2 fully saturated rings. The van der Waals surface area contributed by atoms with Gasteiger partial charge in [-0.05, 0) is 61.9 Å². The lowest BCUT2D eigenvalue weighted by molar-refractivity contribution is 0.0485. The van der Waals surface area contributed by atoms with Crippen LogP contribution >= 0.6 is 0 Å². The number of hydrogen-bond acceptors (Lipinski definition) is 4. The van der Waals surface area contributed by atoms with E-state index in [1.54, 1.807) is 7.11 Å². The Morgan fingerprint density at radius 2 is 1.72 bits per heavy atom. The van der Waals surface area contributed by atoms with Gasteiger partial charge in [-0.2, -0.15) is 0 Å². The van der Waals surface area contributed by atoms with Crippen molar-refractivity contribution in [1.82, 2.24) is 4.90 Å². The van der Waals surface area contributed by atoms with Crippen molar-refractivity contribution in [2.24, 2.45) is 5.92 Å². The minimum atomic E-state index is -0.260. The topological polar surface area (TPSA) is 55.8 Å². The molecule has 0 spiro atoms. The van der Waals surface area contributed by atoms with Crippen molar-refractivity contribution >= 4 is 11.9 Å². The van der Waals surface area contributed by atoms with E-state index < -0.39 is 0 Å². The normalized spacial score (nSPS) is 23.0. The van der Waals surface area contributed by atoms with Crippen LogP contribution in [0.2, 0.25) is 0 Å². The number of carbonyl (C=O) groups is 2. The highest BCUT2D eigenvalue weighted by Gasteiger charge is 2.46. The van der Waals surface area contributed by atoms with Gasteiger partial charge in [-0.15, -0.1) is 0 Å². The van der Waals surface area contributed by atoms with Crippen molar-refractivity contribution in [1.29, 1.82) is 0 Å². The molecule has 2 saturated heterocycles. The quantitative estimate of drug-likeness (QED) is 0.687. The van der Waals surface area contributed by atoms with Crippen LogP contribution in [0, 0.1) is 12.8 Å². The number of benzene rings is 2. The summed E-state index contributed by atoms with van der Waals surface area (Å²) < 4.78 is 10.9. The predicted molar refractivity (Wildman–Crippen MR) is 110 cm³/mol. The average Bonchev–Trinajstić information content (AvgIpc) is 3.01. The maximum Gasteiger partial charge on any atom is 0.410 e. The fourth-order valence-corrected chi connectivity index (χ4v) is 4.73. The van der Waals surface area contributed by atoms with Gasteiger partial charge in [-0.3, -0.25) is 4.79 Å². The average molecular weight is 393 g/mol. The number of rotatable bonds is 5. The summed E-state index contributed by atoms with van der Waals surface area (Å²) in [5.41, 5.74) is 2.69. The first-order valence-corrected chi connectivity index (χ1v) is 10.2. The summed E-state index contributed by atoms with van der Waals surface area (Å²) in [7, 11) is 1.61. The van der Waals surface area contributed by atoms with Gasteiger partial charge in [-0.25, -0.2) is 4.79 Å². The van der Waals surface area contributed by atoms with Gasteiger partial charge in [0.15, 0.2) is 5.78 Å². The number of piperidine rings is 1. The number of hydrogen-bond donors (Lipinski definition) is 0. The molecule has 2 aromatic carbocycles. The van der Waals surface area contributed by atoms with Crippen LogP contribution in [-0.2, 0) is 11.3 Å². The van der Waals surface area contributed by atoms with Crippen molar-refractivity contribution in [2.45, 2.75) is 51.3 Å². The second-order valence-electron chi connectivity index (χ2n) is 8.10. The van der Waals surface area contributed by atoms with Crippen LogP contribution in [0.15, 0.2) is 48.5 Å². The lowest BCUT2D eigenvalue weighted by atomic mass is 9.84. The minimum Gasteiger partial charge on any atom is -0.497 e. The predicted octanol–water partition coefficient (Wildman–Crippen LogP) is 4.77. The summed E-state index contributed by atoms with van der Waals surface area (Å²) in [5, 5.41) is 0. The Bertz CT molecular complexity index is 881. The highest BCUT2D eigenvalue weighted by atomic mass is 16.6. The summed E-state index contributed by atoms with van der Waals surface area (Å²) >= 11 is 0. The van der Waals surface area contributed by atoms with E-state index in [2.05, 4.69) is 0 Å². The van der Waals surface area contributed by atoms with Crippen molar-refractivity contribution < 1.29 is 19.1 Å². The molecular weight excluding hydrogens is 366 g/mol. The first-order chi connectivity index (χ1) is 14.0. The first-order valence-electron chi connectivity index (χ1n) is 10.2. The van der Waals surface area contributed by atoms with Gasteiger partial charge in [0.1, 0.15) is 12.4 Å². The van der Waals surface area contributed by atoms with Gasteiger partial charge in [0.05, 0.1) is 7.11 Å². The monoisotopic (exact) mass is 393 g/mol. The van der Waals surface area contributed by atoms with Gasteiger partial charge >= 0.3 is 6.09 Å². The number of amides is 1. The van der Waals surface area contributed by atoms with Crippen molar-refractivity contribution in [2.75, 3.05) is 7.11 Å². The van der Waals surface area contributed by atoms with Crippen LogP contribution in [0.4, 0.5) is 4.79 Å². The molecule has 2 heterocycles. The van der Waals surface area contributed by atoms with E-state index in [4.69, 9.17) is 9.47 Å². The second kappa shape index (κ2) is 8.27. The zero-order valence-corrected chi connectivity index (χ0v) is 17.0. The van der Waals surface area contributed by atoms with Crippen LogP contribution in [0.3, 0.4) is 0 Å². The number of ketones is 1. The van der Waals surface area contributed by atoms with Crippen LogP contribution in [0.5, 0.6) is 5.75 Å². The molecule has 0 saturated carbocycles. The van der Waals surface area contributed by atoms with Crippen molar-refractivity contribution in [3.05, 3.63) is 65.2 Å². The van der Waals surface area contributed by atoms with E-state index >= 15 is 0 Å². The molecule has 0 aromatic heterocycles. The molecule has 2 aromatic rings. The fourth-order valence-electron chi connectivity index (χ4n) is 4.73. The SMILES string of the molecule is COc1cc(C)cc(C(=O)C2CC3CCC(C2)N3C(=O)OCc2ccccc2)c1. The summed E-state index contributed by atoms with van der Waals surface area (Å²) in [6, 6.07) is 15.5. The molecule has 5 heteroatoms. The third kappa shape index (κ3) is 4.14. The molecule has 5 nitrogen and oxygen atoms in total. The molecular formula is C24H27NO4. The smallest absolute Gasteiger partial charge is 0.410 e. The summed E-state index contributed by atoms with van der Waals surface area (Å²) in [6.45, 7) is 2.25. The maximum atomic E-state index is 13.1. The largest absolute Gasteiger partial charge is 0.497 e. The third-order valence-corrected chi connectivity index (χ3v) is 6.09. The van der Waals surface area contributed by atoms with Crippen LogP contribution < -0.4 is 4.74 Å². The first kappa shape index (κ1) is 19.5. The molecule has 2 bridgehead atoms. The number of Topliss-reactive ketones (excluding diaryl/α,β-unsaturated/α-hetero) is 1. The molecule has 29 heavy (non-hydrogen) atoms. The van der Waals surface area contributed by atoms with Gasteiger partial charge in [0.2, 0.25) is 0 Å². The van der Waals surface area contributed by atoms with Gasteiger partial charge in [0, 0.05) is 23.6 Å². The highest BCUT2D eigenvalue weighted by Crippen LogP contribution is 2.40. The second-order valence-corrected chi connectivity index (χ2v) is 8.10. The van der Waals surface area contributed by atoms with E-state index in [1.807, 2.05) is 60.4 Å². The number of aryl methyl sites for hydroxylation is 1. The van der Waals surface area contributed by atoms with E-state index in [-0.39, 0.29) is 36.5 Å². The molecule has 0 N–H and O–H groups in total. The lowest BCUT2D eigenvalue weighted by Gasteiger charge is -2.37. The Morgan fingerprint density at radius 1 is 1.03 bits per heavy atom. The minimum absolute atomic E-state index is 0.0582. The molecule has 2 unspecified atom stereocenters. The van der Waals surface area contributed by atoms with Crippen molar-refractivity contribution in [3.8, 4) is 5.75 Å². The zero-order valence-electron chi connectivity index (χ0n) is 17.0. The van der Waals surface area contributed by atoms with Crippen LogP contribution in [-0.4, -0.2) is 36.0 Å². The number of methoxy groups -OCH3 is 1. The Labute approximate surface area is 171 Å². The van der Waals surface area contributed by atoms with Gasteiger partial charge in [-0.1, -0.05) is 30.3 Å². The summed E-state index contributed by atoms with van der Waals surface area (Å²) in [4.78, 5) is 27.7. The van der Waals surface area contributed by atoms with E-state index in [1.165, 1.54) is 0 Å². The summed E-state index contributed by atoms with van der Waals surface area (Å²) in [6.07, 6.45) is 3.01. The summed E-state index contributed by atoms with van der Waals surface area (Å²) in [5.74, 6) is 0.802. The number of nitrogens with zero attached hydrogens (tertiary/aromatic N) is 1. The van der Waals surface area contributed by atoms with E-state index in [9.17, 15) is 9.59 Å². The third-order valence-electron chi connectivity index (χ3n) is 6.09. The molecule has 152 valence electrons. The number of fused-ring (bicyclic) bond motifs is 2. The van der Waals surface area contributed by atoms with Gasteiger partial charge < -0.3 is 14.4 Å². The zero-order chi connectivity index (χ0) is 20.4. The Morgan fingerprint density at radius 3 is 2.38 bits per heavy atom. The number of ether oxygens (including phenoxy) is 2. The Hall–Kier alpha value is -2.82. The molecule has 2 atom stereocenters. The standard InChI is InChI=1S/C24H27NO4/c1-16-10-18(14-22(11-16)28-2)23(26)19-12-20-8-9-21(13-19)25(20)24(27)29-15-17-6-4-3-5-7-17/h3-7,10-11,14,19-21H,8-9,12-13,15H2,1-2H3. The molecule has 2 aliphatic heterocycles. The molecule has 1 amide bonds. The van der Waals surface area contributed by atoms with Crippen LogP contribution in [0.1, 0.15) is 47.2 Å². The molecule has 4 rings (SSSR count). The van der Waals surface area contributed by atoms with E-state index in [0.29, 0.717) is 24.2 Å². The van der Waals surface area contributed by atoms with Crippen LogP contribution in [0.25, 0.3) is 0 Å². The fraction of sp³-hybridized carbons (Fsp3) is 0.417. The number of carbonyl (C=O) groups excluding carboxylic acids is 2. The van der Waals surface area contributed by atoms with Crippen molar-refractivity contribution in [3.63, 3.8) is 0 Å². The molecule has 0 aliphatic carbocycles. The van der Waals surface area contributed by atoms with Gasteiger partial charge in [0.25, 0.3) is 0 Å². The highest BCUT2D eigenvalue weighted by molar-refractivity contribution is 5.98. The Kier molecular flexibility index (Phi) is 5.56.